The van der Waals surface area contributed by atoms with Gasteiger partial charge < -0.3 is 5.32 Å². The maximum Gasteiger partial charge on any atom is 0.276 e. The third-order valence-corrected chi connectivity index (χ3v) is 2.08. The van der Waals surface area contributed by atoms with Gasteiger partial charge in [0, 0.05) is 6.20 Å². The Morgan fingerprint density at radius 1 is 1.43 bits per heavy atom. The van der Waals surface area contributed by atoms with E-state index in [2.05, 4.69) is 10.3 Å². The van der Waals surface area contributed by atoms with Crippen molar-refractivity contribution in [1.29, 1.82) is 0 Å². The summed E-state index contributed by atoms with van der Waals surface area (Å²) in [5.41, 5.74) is 0.297. The fourth-order valence-corrected chi connectivity index (χ4v) is 0.981. The zero-order valence-electron chi connectivity index (χ0n) is 6.60. The van der Waals surface area contributed by atoms with Crippen LogP contribution in [0.15, 0.2) is 18.3 Å². The van der Waals surface area contributed by atoms with Crippen LogP contribution in [0.5, 0.6) is 0 Å². The van der Waals surface area contributed by atoms with E-state index in [4.69, 9.17) is 46.4 Å². The SMILES string of the molecule is O=C(Nc1cccnc1Cl)C(Cl)(Cl)Cl. The molecule has 0 fully saturated rings. The van der Waals surface area contributed by atoms with E-state index in [-0.39, 0.29) is 5.15 Å². The van der Waals surface area contributed by atoms with Crippen molar-refractivity contribution in [2.45, 2.75) is 3.79 Å². The Balaban J connectivity index is 2.80. The quantitative estimate of drug-likeness (QED) is 0.631. The zero-order chi connectivity index (χ0) is 10.8. The monoisotopic (exact) mass is 272 g/mol. The van der Waals surface area contributed by atoms with E-state index in [9.17, 15) is 4.79 Å². The number of pyridine rings is 1. The van der Waals surface area contributed by atoms with Crippen molar-refractivity contribution in [3.05, 3.63) is 23.5 Å². The number of amides is 1. The summed E-state index contributed by atoms with van der Waals surface area (Å²) in [5.74, 6) is -0.780. The molecule has 1 rings (SSSR count). The largest absolute Gasteiger partial charge is 0.320 e. The molecule has 0 atom stereocenters. The van der Waals surface area contributed by atoms with Crippen LogP contribution in [-0.4, -0.2) is 14.7 Å². The fraction of sp³-hybridized carbons (Fsp3) is 0.143. The highest BCUT2D eigenvalue weighted by Gasteiger charge is 2.30. The molecule has 0 saturated carbocycles. The first-order valence-electron chi connectivity index (χ1n) is 3.40. The number of nitrogens with one attached hydrogen (secondary N) is 1. The predicted octanol–water partition coefficient (Wildman–Crippen LogP) is 3.04. The summed E-state index contributed by atoms with van der Waals surface area (Å²) in [7, 11) is 0. The Labute approximate surface area is 100 Å². The Hall–Kier alpha value is -0.220. The van der Waals surface area contributed by atoms with Gasteiger partial charge in [-0.25, -0.2) is 4.98 Å². The molecular formula is C7H4Cl4N2O. The standard InChI is InChI=1S/C7H4Cl4N2O/c8-5-4(2-1-3-12-5)13-6(14)7(9,10)11/h1-3H,(H,13,14). The summed E-state index contributed by atoms with van der Waals surface area (Å²) in [4.78, 5) is 14.9. The molecule has 0 radical (unpaired) electrons. The number of nitrogens with zero attached hydrogens (tertiary/aromatic N) is 1. The molecule has 1 aromatic rings. The molecule has 1 heterocycles. The van der Waals surface area contributed by atoms with Crippen molar-refractivity contribution < 1.29 is 4.79 Å². The number of rotatable bonds is 1. The average molecular weight is 274 g/mol. The molecule has 1 N–H and O–H groups in total. The van der Waals surface area contributed by atoms with Gasteiger partial charge in [-0.05, 0) is 12.1 Å². The molecule has 0 aliphatic carbocycles. The Morgan fingerprint density at radius 2 is 2.07 bits per heavy atom. The van der Waals surface area contributed by atoms with Crippen molar-refractivity contribution in [2.24, 2.45) is 0 Å². The molecule has 1 amide bonds. The van der Waals surface area contributed by atoms with E-state index in [1.165, 1.54) is 6.20 Å². The summed E-state index contributed by atoms with van der Waals surface area (Å²) in [6, 6.07) is 3.14. The molecule has 0 unspecified atom stereocenters. The van der Waals surface area contributed by atoms with Crippen LogP contribution in [-0.2, 0) is 4.79 Å². The van der Waals surface area contributed by atoms with Crippen LogP contribution >= 0.6 is 46.4 Å². The van der Waals surface area contributed by atoms with Crippen molar-refractivity contribution in [1.82, 2.24) is 4.98 Å². The van der Waals surface area contributed by atoms with E-state index in [0.717, 1.165) is 0 Å². The maximum atomic E-state index is 11.2. The van der Waals surface area contributed by atoms with Crippen LogP contribution < -0.4 is 5.32 Å². The number of alkyl halides is 3. The highest BCUT2D eigenvalue weighted by atomic mass is 35.6. The Bertz CT molecular complexity index is 350. The minimum Gasteiger partial charge on any atom is -0.320 e. The molecule has 76 valence electrons. The van der Waals surface area contributed by atoms with E-state index >= 15 is 0 Å². The second-order valence-corrected chi connectivity index (χ2v) is 4.93. The van der Waals surface area contributed by atoms with Crippen LogP contribution in [0.4, 0.5) is 5.69 Å². The molecule has 14 heavy (non-hydrogen) atoms. The lowest BCUT2D eigenvalue weighted by Crippen LogP contribution is -2.27. The first-order chi connectivity index (χ1) is 6.41. The lowest BCUT2D eigenvalue weighted by atomic mass is 10.4. The van der Waals surface area contributed by atoms with E-state index < -0.39 is 9.70 Å². The molecule has 0 aromatic carbocycles. The first kappa shape index (κ1) is 11.9. The summed E-state index contributed by atoms with van der Waals surface area (Å²) >= 11 is 21.7. The number of halogens is 4. The minimum absolute atomic E-state index is 0.134. The van der Waals surface area contributed by atoms with Gasteiger partial charge in [0.1, 0.15) is 0 Å². The van der Waals surface area contributed by atoms with Gasteiger partial charge in [0.2, 0.25) is 0 Å². The van der Waals surface area contributed by atoms with Gasteiger partial charge in [-0.1, -0.05) is 46.4 Å². The number of anilines is 1. The molecular weight excluding hydrogens is 270 g/mol. The summed E-state index contributed by atoms with van der Waals surface area (Å²) < 4.78 is -2.01. The molecule has 0 saturated heterocycles. The third kappa shape index (κ3) is 3.17. The van der Waals surface area contributed by atoms with Crippen LogP contribution in [0.2, 0.25) is 5.15 Å². The van der Waals surface area contributed by atoms with E-state index in [0.29, 0.717) is 5.69 Å². The highest BCUT2D eigenvalue weighted by Crippen LogP contribution is 2.28. The summed E-state index contributed by atoms with van der Waals surface area (Å²) in [6.07, 6.45) is 1.48. The molecule has 0 aliphatic heterocycles. The van der Waals surface area contributed by atoms with Crippen molar-refractivity contribution in [3.8, 4) is 0 Å². The Morgan fingerprint density at radius 3 is 2.57 bits per heavy atom. The van der Waals surface area contributed by atoms with Gasteiger partial charge in [-0.15, -0.1) is 0 Å². The molecule has 0 spiro atoms. The van der Waals surface area contributed by atoms with E-state index in [1.54, 1.807) is 12.1 Å². The van der Waals surface area contributed by atoms with Crippen molar-refractivity contribution >= 4 is 58.0 Å². The third-order valence-electron chi connectivity index (χ3n) is 1.26. The van der Waals surface area contributed by atoms with Crippen LogP contribution in [0.3, 0.4) is 0 Å². The van der Waals surface area contributed by atoms with Crippen LogP contribution in [0, 0.1) is 0 Å². The van der Waals surface area contributed by atoms with Gasteiger partial charge in [-0.3, -0.25) is 4.79 Å². The lowest BCUT2D eigenvalue weighted by Gasteiger charge is -2.11. The van der Waals surface area contributed by atoms with Crippen molar-refractivity contribution in [3.63, 3.8) is 0 Å². The lowest BCUT2D eigenvalue weighted by molar-refractivity contribution is -0.115. The van der Waals surface area contributed by atoms with Crippen molar-refractivity contribution in [2.75, 3.05) is 5.32 Å². The first-order valence-corrected chi connectivity index (χ1v) is 4.91. The number of carbonyl (C=O) groups is 1. The molecule has 3 nitrogen and oxygen atoms in total. The predicted molar refractivity (Wildman–Crippen MR) is 58.2 cm³/mol. The Kier molecular flexibility index (Phi) is 3.84. The number of hydrogen-bond acceptors (Lipinski definition) is 2. The fourth-order valence-electron chi connectivity index (χ4n) is 0.672. The summed E-state index contributed by atoms with van der Waals surface area (Å²) in [6.45, 7) is 0. The topological polar surface area (TPSA) is 42.0 Å². The molecule has 0 aliphatic rings. The van der Waals surface area contributed by atoms with Gasteiger partial charge in [-0.2, -0.15) is 0 Å². The van der Waals surface area contributed by atoms with E-state index in [1.807, 2.05) is 0 Å². The average Bonchev–Trinajstić information content (AvgIpc) is 2.07. The molecule has 7 heteroatoms. The van der Waals surface area contributed by atoms with Crippen LogP contribution in [0.25, 0.3) is 0 Å². The normalized spacial score (nSPS) is 11.1. The zero-order valence-corrected chi connectivity index (χ0v) is 9.62. The minimum atomic E-state index is -2.01. The second kappa shape index (κ2) is 4.53. The molecule has 0 bridgehead atoms. The number of carbonyl (C=O) groups excluding carboxylic acids is 1. The highest BCUT2D eigenvalue weighted by molar-refractivity contribution is 6.76. The maximum absolute atomic E-state index is 11.2. The smallest absolute Gasteiger partial charge is 0.276 e. The number of aromatic nitrogens is 1. The number of hydrogen-bond donors (Lipinski definition) is 1. The van der Waals surface area contributed by atoms with Crippen LogP contribution in [0.1, 0.15) is 0 Å². The molecule has 1 aromatic heterocycles. The van der Waals surface area contributed by atoms with Gasteiger partial charge >= 0.3 is 0 Å². The van der Waals surface area contributed by atoms with Gasteiger partial charge in [0.05, 0.1) is 5.69 Å². The second-order valence-electron chi connectivity index (χ2n) is 2.29. The van der Waals surface area contributed by atoms with Gasteiger partial charge in [0.15, 0.2) is 5.15 Å². The van der Waals surface area contributed by atoms with Gasteiger partial charge in [0.25, 0.3) is 9.70 Å². The summed E-state index contributed by atoms with van der Waals surface area (Å²) in [5, 5.41) is 2.46.